The fraction of sp³-hybridized carbons (Fsp3) is 1.00. The number of ether oxygens (including phenoxy) is 1. The zero-order valence-electron chi connectivity index (χ0n) is 14.1. The van der Waals surface area contributed by atoms with Crippen LogP contribution in [0.15, 0.2) is 0 Å². The summed E-state index contributed by atoms with van der Waals surface area (Å²) in [6, 6.07) is 0. The highest BCUT2D eigenvalue weighted by Crippen LogP contribution is 2.11. The van der Waals surface area contributed by atoms with Gasteiger partial charge in [0.15, 0.2) is 0 Å². The van der Waals surface area contributed by atoms with Gasteiger partial charge in [0.1, 0.15) is 18.3 Å². The summed E-state index contributed by atoms with van der Waals surface area (Å²) in [5, 5.41) is 36.9. The van der Waals surface area contributed by atoms with E-state index in [9.17, 15) is 10.2 Å². The summed E-state index contributed by atoms with van der Waals surface area (Å²) in [7, 11) is 0. The van der Waals surface area contributed by atoms with Crippen molar-refractivity contribution in [3.63, 3.8) is 0 Å². The zero-order valence-corrected chi connectivity index (χ0v) is 14.1. The Bertz CT molecular complexity index is 215. The second-order valence-electron chi connectivity index (χ2n) is 6.02. The van der Waals surface area contributed by atoms with Crippen LogP contribution in [-0.4, -0.2) is 58.6 Å². The molecule has 0 spiro atoms. The molecule has 5 heteroatoms. The Morgan fingerprint density at radius 3 is 1.50 bits per heavy atom. The lowest BCUT2D eigenvalue weighted by Gasteiger charge is -2.25. The van der Waals surface area contributed by atoms with E-state index >= 15 is 0 Å². The number of hydrogen-bond donors (Lipinski definition) is 4. The van der Waals surface area contributed by atoms with Gasteiger partial charge in [0, 0.05) is 6.61 Å². The van der Waals surface area contributed by atoms with Crippen LogP contribution >= 0.6 is 0 Å². The molecule has 0 aromatic heterocycles. The van der Waals surface area contributed by atoms with Gasteiger partial charge in [0.05, 0.1) is 13.2 Å². The van der Waals surface area contributed by atoms with Crippen LogP contribution in [0.1, 0.15) is 71.1 Å². The number of rotatable bonds is 16. The highest BCUT2D eigenvalue weighted by atomic mass is 16.5. The minimum Gasteiger partial charge on any atom is -0.394 e. The lowest BCUT2D eigenvalue weighted by Crippen LogP contribution is -2.43. The Morgan fingerprint density at radius 2 is 1.09 bits per heavy atom. The molecule has 0 heterocycles. The maximum Gasteiger partial charge on any atom is 0.114 e. The first-order valence-electron chi connectivity index (χ1n) is 8.86. The minimum absolute atomic E-state index is 0.426. The highest BCUT2D eigenvalue weighted by molar-refractivity contribution is 4.76. The first-order valence-corrected chi connectivity index (χ1v) is 8.86. The fourth-order valence-electron chi connectivity index (χ4n) is 2.50. The van der Waals surface area contributed by atoms with E-state index in [1.54, 1.807) is 0 Å². The van der Waals surface area contributed by atoms with Crippen molar-refractivity contribution in [1.82, 2.24) is 0 Å². The quantitative estimate of drug-likeness (QED) is 0.327. The van der Waals surface area contributed by atoms with Crippen LogP contribution in [0.4, 0.5) is 0 Å². The van der Waals surface area contributed by atoms with Crippen LogP contribution in [0.5, 0.6) is 0 Å². The summed E-state index contributed by atoms with van der Waals surface area (Å²) >= 11 is 0. The lowest BCUT2D eigenvalue weighted by molar-refractivity contribution is -0.123. The molecule has 5 nitrogen and oxygen atoms in total. The molecule has 0 fully saturated rings. The van der Waals surface area contributed by atoms with E-state index in [0.717, 1.165) is 12.8 Å². The third-order valence-electron chi connectivity index (χ3n) is 3.94. The Hall–Kier alpha value is -0.200. The molecule has 22 heavy (non-hydrogen) atoms. The topological polar surface area (TPSA) is 90.2 Å². The van der Waals surface area contributed by atoms with Crippen molar-refractivity contribution in [2.75, 3.05) is 19.8 Å². The van der Waals surface area contributed by atoms with Crippen molar-refractivity contribution in [3.8, 4) is 0 Å². The van der Waals surface area contributed by atoms with E-state index in [1.807, 2.05) is 0 Å². The van der Waals surface area contributed by atoms with E-state index in [1.165, 1.54) is 51.4 Å². The molecule has 4 N–H and O–H groups in total. The van der Waals surface area contributed by atoms with Gasteiger partial charge in [-0.05, 0) is 6.42 Å². The van der Waals surface area contributed by atoms with Gasteiger partial charge in [-0.25, -0.2) is 0 Å². The van der Waals surface area contributed by atoms with Gasteiger partial charge in [-0.1, -0.05) is 64.7 Å². The molecule has 0 aliphatic carbocycles. The summed E-state index contributed by atoms with van der Waals surface area (Å²) in [4.78, 5) is 0. The van der Waals surface area contributed by atoms with E-state index in [2.05, 4.69) is 6.92 Å². The first-order chi connectivity index (χ1) is 10.7. The Morgan fingerprint density at radius 1 is 0.682 bits per heavy atom. The monoisotopic (exact) mass is 320 g/mol. The molecule has 0 aromatic rings. The number of hydrogen-bond acceptors (Lipinski definition) is 5. The molecule has 0 saturated carbocycles. The van der Waals surface area contributed by atoms with Gasteiger partial charge in [-0.15, -0.1) is 0 Å². The van der Waals surface area contributed by atoms with Gasteiger partial charge in [-0.3, -0.25) is 0 Å². The van der Waals surface area contributed by atoms with Crippen molar-refractivity contribution in [2.24, 2.45) is 0 Å². The average molecular weight is 320 g/mol. The normalized spacial score (nSPS) is 15.7. The van der Waals surface area contributed by atoms with E-state index in [-0.39, 0.29) is 0 Å². The van der Waals surface area contributed by atoms with Crippen LogP contribution in [0.25, 0.3) is 0 Å². The fourth-order valence-corrected chi connectivity index (χ4v) is 2.50. The average Bonchev–Trinajstić information content (AvgIpc) is 2.54. The van der Waals surface area contributed by atoms with Gasteiger partial charge < -0.3 is 25.2 Å². The molecule has 2 atom stereocenters. The summed E-state index contributed by atoms with van der Waals surface area (Å²) in [6.07, 6.45) is 9.04. The van der Waals surface area contributed by atoms with Gasteiger partial charge in [0.25, 0.3) is 0 Å². The molecule has 0 saturated heterocycles. The maximum atomic E-state index is 9.53. The van der Waals surface area contributed by atoms with Gasteiger partial charge in [-0.2, -0.15) is 0 Å². The van der Waals surface area contributed by atoms with E-state index in [4.69, 9.17) is 14.9 Å². The molecule has 0 radical (unpaired) electrons. The maximum absolute atomic E-state index is 9.53. The lowest BCUT2D eigenvalue weighted by atomic mass is 10.1. The third kappa shape index (κ3) is 11.4. The zero-order chi connectivity index (χ0) is 16.6. The molecule has 0 rings (SSSR count). The summed E-state index contributed by atoms with van der Waals surface area (Å²) < 4.78 is 5.40. The van der Waals surface area contributed by atoms with E-state index in [0.29, 0.717) is 6.61 Å². The molecule has 0 bridgehead atoms. The molecule has 0 aliphatic rings. The molecular weight excluding hydrogens is 284 g/mol. The second-order valence-corrected chi connectivity index (χ2v) is 6.02. The standard InChI is InChI=1S/C17H36O5/c1-2-3-4-5-6-7-8-9-10-11-12-22-17(15(20)13-18)16(21)14-19/h15-21H,2-14H2,1H3. The molecular formula is C17H36O5. The SMILES string of the molecule is CCCCCCCCCCCCOC(C(O)CO)C(O)CO. The van der Waals surface area contributed by atoms with Crippen molar-refractivity contribution < 1.29 is 25.2 Å². The Labute approximate surface area is 135 Å². The van der Waals surface area contributed by atoms with Crippen LogP contribution < -0.4 is 0 Å². The first kappa shape index (κ1) is 21.8. The molecule has 2 unspecified atom stereocenters. The molecule has 0 aromatic carbocycles. The van der Waals surface area contributed by atoms with Crippen molar-refractivity contribution in [2.45, 2.75) is 89.4 Å². The molecule has 134 valence electrons. The Kier molecular flexibility index (Phi) is 15.5. The summed E-state index contributed by atoms with van der Waals surface area (Å²) in [6.45, 7) is 1.68. The van der Waals surface area contributed by atoms with Crippen molar-refractivity contribution in [1.29, 1.82) is 0 Å². The van der Waals surface area contributed by atoms with E-state index < -0.39 is 31.5 Å². The molecule has 0 aliphatic heterocycles. The van der Waals surface area contributed by atoms with Gasteiger partial charge in [0.2, 0.25) is 0 Å². The number of unbranched alkanes of at least 4 members (excludes halogenated alkanes) is 9. The van der Waals surface area contributed by atoms with Crippen LogP contribution in [-0.2, 0) is 4.74 Å². The largest absolute Gasteiger partial charge is 0.394 e. The molecule has 0 amide bonds. The summed E-state index contributed by atoms with van der Waals surface area (Å²) in [5.41, 5.74) is 0. The summed E-state index contributed by atoms with van der Waals surface area (Å²) in [5.74, 6) is 0. The second kappa shape index (κ2) is 15.7. The van der Waals surface area contributed by atoms with Crippen LogP contribution in [0.3, 0.4) is 0 Å². The third-order valence-corrected chi connectivity index (χ3v) is 3.94. The minimum atomic E-state index is -1.16. The number of aliphatic hydroxyl groups is 4. The predicted molar refractivity (Wildman–Crippen MR) is 87.8 cm³/mol. The number of aliphatic hydroxyl groups excluding tert-OH is 4. The predicted octanol–water partition coefficient (Wildman–Crippen LogP) is 2.00. The smallest absolute Gasteiger partial charge is 0.114 e. The Balaban J connectivity index is 3.50. The highest BCUT2D eigenvalue weighted by Gasteiger charge is 2.26. The van der Waals surface area contributed by atoms with Gasteiger partial charge >= 0.3 is 0 Å². The van der Waals surface area contributed by atoms with Crippen molar-refractivity contribution >= 4 is 0 Å². The van der Waals surface area contributed by atoms with Crippen molar-refractivity contribution in [3.05, 3.63) is 0 Å². The van der Waals surface area contributed by atoms with Crippen LogP contribution in [0, 0.1) is 0 Å². The van der Waals surface area contributed by atoms with Crippen LogP contribution in [0.2, 0.25) is 0 Å².